The number of amides is 1. The number of halogens is 1. The van der Waals surface area contributed by atoms with Gasteiger partial charge >= 0.3 is 0 Å². The molecule has 0 saturated carbocycles. The second-order valence-electron chi connectivity index (χ2n) is 5.91. The first-order chi connectivity index (χ1) is 11.7. The van der Waals surface area contributed by atoms with Gasteiger partial charge in [0.05, 0.1) is 13.1 Å². The van der Waals surface area contributed by atoms with E-state index in [1.165, 1.54) is 12.1 Å². The molecule has 0 radical (unpaired) electrons. The van der Waals surface area contributed by atoms with E-state index in [0.717, 1.165) is 23.3 Å². The summed E-state index contributed by atoms with van der Waals surface area (Å²) in [5.41, 5.74) is 0.657. The number of carbonyl (C=O) groups excluding carboxylic acids is 1. The SMILES string of the molecule is O=C(CNC1(c2ccc(F)cc2)CCOCC1)NCc1cccs1. The Balaban J connectivity index is 1.62. The summed E-state index contributed by atoms with van der Waals surface area (Å²) in [6, 6.07) is 10.5. The molecule has 1 saturated heterocycles. The van der Waals surface area contributed by atoms with Gasteiger partial charge in [0.15, 0.2) is 0 Å². The fourth-order valence-electron chi connectivity index (χ4n) is 2.97. The molecule has 6 heteroatoms. The molecular formula is C18H21FN2O2S. The van der Waals surface area contributed by atoms with Crippen molar-refractivity contribution in [2.45, 2.75) is 24.9 Å². The summed E-state index contributed by atoms with van der Waals surface area (Å²) in [6.45, 7) is 2.02. The first-order valence-corrected chi connectivity index (χ1v) is 8.94. The van der Waals surface area contributed by atoms with Crippen molar-refractivity contribution >= 4 is 17.2 Å². The van der Waals surface area contributed by atoms with Crippen LogP contribution in [0.25, 0.3) is 0 Å². The average molecular weight is 348 g/mol. The van der Waals surface area contributed by atoms with E-state index in [-0.39, 0.29) is 23.8 Å². The molecule has 0 spiro atoms. The number of thiophene rings is 1. The van der Waals surface area contributed by atoms with Crippen LogP contribution in [0.15, 0.2) is 41.8 Å². The first kappa shape index (κ1) is 17.1. The number of hydrogen-bond donors (Lipinski definition) is 2. The minimum Gasteiger partial charge on any atom is -0.381 e. The van der Waals surface area contributed by atoms with Crippen molar-refractivity contribution in [3.8, 4) is 0 Å². The van der Waals surface area contributed by atoms with Crippen molar-refractivity contribution in [2.24, 2.45) is 0 Å². The Hall–Kier alpha value is -1.76. The van der Waals surface area contributed by atoms with Gasteiger partial charge in [-0.3, -0.25) is 10.1 Å². The summed E-state index contributed by atoms with van der Waals surface area (Å²) in [7, 11) is 0. The summed E-state index contributed by atoms with van der Waals surface area (Å²) in [6.07, 6.45) is 1.52. The fraction of sp³-hybridized carbons (Fsp3) is 0.389. The third-order valence-electron chi connectivity index (χ3n) is 4.37. The van der Waals surface area contributed by atoms with Gasteiger partial charge in [0.2, 0.25) is 5.91 Å². The smallest absolute Gasteiger partial charge is 0.234 e. The van der Waals surface area contributed by atoms with E-state index in [0.29, 0.717) is 19.8 Å². The highest BCUT2D eigenvalue weighted by Crippen LogP contribution is 2.32. The van der Waals surface area contributed by atoms with Crippen LogP contribution in [0.2, 0.25) is 0 Å². The Labute approximate surface area is 145 Å². The Morgan fingerprint density at radius 3 is 2.62 bits per heavy atom. The van der Waals surface area contributed by atoms with E-state index in [9.17, 15) is 9.18 Å². The maximum Gasteiger partial charge on any atom is 0.234 e. The van der Waals surface area contributed by atoms with Gasteiger partial charge in [-0.25, -0.2) is 4.39 Å². The van der Waals surface area contributed by atoms with E-state index in [4.69, 9.17) is 4.74 Å². The molecule has 0 aliphatic carbocycles. The Bertz CT molecular complexity index is 652. The van der Waals surface area contributed by atoms with Crippen LogP contribution in [0, 0.1) is 5.82 Å². The summed E-state index contributed by atoms with van der Waals surface area (Å²) >= 11 is 1.62. The van der Waals surface area contributed by atoms with E-state index in [1.54, 1.807) is 23.5 Å². The lowest BCUT2D eigenvalue weighted by atomic mass is 9.82. The lowest BCUT2D eigenvalue weighted by Gasteiger charge is -2.38. The van der Waals surface area contributed by atoms with E-state index < -0.39 is 0 Å². The molecule has 2 N–H and O–H groups in total. The normalized spacial score (nSPS) is 16.7. The van der Waals surface area contributed by atoms with Crippen LogP contribution < -0.4 is 10.6 Å². The molecule has 0 unspecified atom stereocenters. The van der Waals surface area contributed by atoms with E-state index >= 15 is 0 Å². The molecule has 3 rings (SSSR count). The molecule has 1 fully saturated rings. The van der Waals surface area contributed by atoms with Crippen LogP contribution in [0.5, 0.6) is 0 Å². The van der Waals surface area contributed by atoms with Crippen molar-refractivity contribution in [1.82, 2.24) is 10.6 Å². The standard InChI is InChI=1S/C18H21FN2O2S/c19-15-5-3-14(4-6-15)18(7-9-23-10-8-18)21-13-17(22)20-12-16-2-1-11-24-16/h1-6,11,21H,7-10,12-13H2,(H,20,22). The number of ether oxygens (including phenoxy) is 1. The second kappa shape index (κ2) is 7.88. The quantitative estimate of drug-likeness (QED) is 0.844. The summed E-state index contributed by atoms with van der Waals surface area (Å²) < 4.78 is 18.7. The zero-order chi connectivity index (χ0) is 16.8. The molecule has 128 valence electrons. The van der Waals surface area contributed by atoms with Crippen molar-refractivity contribution in [3.05, 3.63) is 58.0 Å². The predicted octanol–water partition coefficient (Wildman–Crippen LogP) is 2.80. The summed E-state index contributed by atoms with van der Waals surface area (Å²) in [5, 5.41) is 8.30. The molecule has 1 amide bonds. The molecular weight excluding hydrogens is 327 g/mol. The third-order valence-corrected chi connectivity index (χ3v) is 5.25. The van der Waals surface area contributed by atoms with Crippen LogP contribution in [0.4, 0.5) is 4.39 Å². The minimum atomic E-state index is -0.341. The number of hydrogen-bond acceptors (Lipinski definition) is 4. The highest BCUT2D eigenvalue weighted by molar-refractivity contribution is 7.09. The van der Waals surface area contributed by atoms with Gasteiger partial charge < -0.3 is 10.1 Å². The fourth-order valence-corrected chi connectivity index (χ4v) is 3.61. The van der Waals surface area contributed by atoms with Crippen molar-refractivity contribution in [1.29, 1.82) is 0 Å². The van der Waals surface area contributed by atoms with Crippen LogP contribution in [0.3, 0.4) is 0 Å². The van der Waals surface area contributed by atoms with Gasteiger partial charge in [-0.15, -0.1) is 11.3 Å². The molecule has 4 nitrogen and oxygen atoms in total. The predicted molar refractivity (Wildman–Crippen MR) is 92.3 cm³/mol. The molecule has 2 aromatic rings. The lowest BCUT2D eigenvalue weighted by molar-refractivity contribution is -0.121. The van der Waals surface area contributed by atoms with Crippen molar-refractivity contribution < 1.29 is 13.9 Å². The highest BCUT2D eigenvalue weighted by atomic mass is 32.1. The molecule has 0 bridgehead atoms. The molecule has 1 aliphatic heterocycles. The molecule has 24 heavy (non-hydrogen) atoms. The summed E-state index contributed by atoms with van der Waals surface area (Å²) in [5.74, 6) is -0.300. The van der Waals surface area contributed by atoms with Gasteiger partial charge in [-0.05, 0) is 42.0 Å². The number of rotatable bonds is 6. The van der Waals surface area contributed by atoms with Gasteiger partial charge in [0.25, 0.3) is 0 Å². The topological polar surface area (TPSA) is 50.4 Å². The van der Waals surface area contributed by atoms with Gasteiger partial charge in [-0.2, -0.15) is 0 Å². The van der Waals surface area contributed by atoms with Crippen molar-refractivity contribution in [3.63, 3.8) is 0 Å². The van der Waals surface area contributed by atoms with E-state index in [1.807, 2.05) is 17.5 Å². The second-order valence-corrected chi connectivity index (χ2v) is 6.94. The molecule has 1 aromatic heterocycles. The van der Waals surface area contributed by atoms with Crippen LogP contribution in [-0.2, 0) is 21.6 Å². The minimum absolute atomic E-state index is 0.0450. The number of benzene rings is 1. The van der Waals surface area contributed by atoms with Crippen LogP contribution in [-0.4, -0.2) is 25.7 Å². The van der Waals surface area contributed by atoms with Crippen LogP contribution >= 0.6 is 11.3 Å². The van der Waals surface area contributed by atoms with Crippen LogP contribution in [0.1, 0.15) is 23.3 Å². The third kappa shape index (κ3) is 4.20. The summed E-state index contributed by atoms with van der Waals surface area (Å²) in [4.78, 5) is 13.3. The number of carbonyl (C=O) groups is 1. The Kier molecular flexibility index (Phi) is 5.60. The largest absolute Gasteiger partial charge is 0.381 e. The Morgan fingerprint density at radius 1 is 1.21 bits per heavy atom. The average Bonchev–Trinajstić information content (AvgIpc) is 3.13. The molecule has 1 aromatic carbocycles. The molecule has 1 aliphatic rings. The highest BCUT2D eigenvalue weighted by Gasteiger charge is 2.34. The lowest BCUT2D eigenvalue weighted by Crippen LogP contribution is -2.50. The molecule has 2 heterocycles. The van der Waals surface area contributed by atoms with Gasteiger partial charge in [-0.1, -0.05) is 18.2 Å². The molecule has 0 atom stereocenters. The maximum absolute atomic E-state index is 13.2. The zero-order valence-corrected chi connectivity index (χ0v) is 14.2. The zero-order valence-electron chi connectivity index (χ0n) is 13.4. The van der Waals surface area contributed by atoms with Gasteiger partial charge in [0, 0.05) is 23.6 Å². The Morgan fingerprint density at radius 2 is 1.96 bits per heavy atom. The number of nitrogens with one attached hydrogen (secondary N) is 2. The van der Waals surface area contributed by atoms with Gasteiger partial charge in [0.1, 0.15) is 5.82 Å². The van der Waals surface area contributed by atoms with Crippen molar-refractivity contribution in [2.75, 3.05) is 19.8 Å². The monoisotopic (exact) mass is 348 g/mol. The first-order valence-electron chi connectivity index (χ1n) is 8.06. The van der Waals surface area contributed by atoms with E-state index in [2.05, 4.69) is 10.6 Å². The maximum atomic E-state index is 13.2.